The van der Waals surface area contributed by atoms with E-state index in [9.17, 15) is 0 Å². The number of nitrogens with zero attached hydrogens (tertiary/aromatic N) is 1. The van der Waals surface area contributed by atoms with Crippen molar-refractivity contribution in [1.82, 2.24) is 10.3 Å². The van der Waals surface area contributed by atoms with E-state index in [0.29, 0.717) is 10.8 Å². The van der Waals surface area contributed by atoms with Gasteiger partial charge in [0.05, 0.1) is 0 Å². The summed E-state index contributed by atoms with van der Waals surface area (Å²) in [5, 5.41) is 3.48. The molecule has 0 spiro atoms. The van der Waals surface area contributed by atoms with Gasteiger partial charge in [-0.05, 0) is 50.6 Å². The number of hydrogen-bond donors (Lipinski definition) is 1. The summed E-state index contributed by atoms with van der Waals surface area (Å²) < 4.78 is 0.393. The third-order valence-electron chi connectivity index (χ3n) is 3.50. The SMILES string of the molecule is CNC(Cc1cccnc1)C1(C)CCCS1. The molecule has 0 aromatic carbocycles. The summed E-state index contributed by atoms with van der Waals surface area (Å²) in [4.78, 5) is 4.19. The molecule has 2 atom stereocenters. The minimum Gasteiger partial charge on any atom is -0.315 e. The van der Waals surface area contributed by atoms with Crippen LogP contribution in [-0.4, -0.2) is 28.6 Å². The lowest BCUT2D eigenvalue weighted by Crippen LogP contribution is -2.45. The minimum absolute atomic E-state index is 0.393. The summed E-state index contributed by atoms with van der Waals surface area (Å²) in [6.07, 6.45) is 7.57. The van der Waals surface area contributed by atoms with Crippen molar-refractivity contribution in [2.75, 3.05) is 12.8 Å². The fraction of sp³-hybridized carbons (Fsp3) is 0.615. The van der Waals surface area contributed by atoms with E-state index in [-0.39, 0.29) is 0 Å². The summed E-state index contributed by atoms with van der Waals surface area (Å²) in [6, 6.07) is 4.73. The van der Waals surface area contributed by atoms with E-state index in [2.05, 4.69) is 42.1 Å². The van der Waals surface area contributed by atoms with E-state index in [1.165, 1.54) is 24.2 Å². The van der Waals surface area contributed by atoms with E-state index >= 15 is 0 Å². The lowest BCUT2D eigenvalue weighted by molar-refractivity contribution is 0.424. The number of pyridine rings is 1. The Labute approximate surface area is 102 Å². The predicted molar refractivity (Wildman–Crippen MR) is 70.9 cm³/mol. The van der Waals surface area contributed by atoms with Gasteiger partial charge in [-0.1, -0.05) is 6.07 Å². The highest BCUT2D eigenvalue weighted by atomic mass is 32.2. The third kappa shape index (κ3) is 2.58. The van der Waals surface area contributed by atoms with Gasteiger partial charge in [-0.15, -0.1) is 0 Å². The predicted octanol–water partition coefficient (Wildman–Crippen LogP) is 2.50. The maximum absolute atomic E-state index is 4.19. The molecule has 1 aromatic rings. The number of thioether (sulfide) groups is 1. The van der Waals surface area contributed by atoms with Crippen molar-refractivity contribution in [3.05, 3.63) is 30.1 Å². The summed E-state index contributed by atoms with van der Waals surface area (Å²) in [6.45, 7) is 2.39. The van der Waals surface area contributed by atoms with Crippen LogP contribution in [-0.2, 0) is 6.42 Å². The van der Waals surface area contributed by atoms with Crippen molar-refractivity contribution < 1.29 is 0 Å². The van der Waals surface area contributed by atoms with Gasteiger partial charge in [0.25, 0.3) is 0 Å². The first-order chi connectivity index (χ1) is 7.74. The Bertz CT molecular complexity index is 320. The quantitative estimate of drug-likeness (QED) is 0.869. The molecular formula is C13H20N2S. The summed E-state index contributed by atoms with van der Waals surface area (Å²) in [7, 11) is 2.07. The second kappa shape index (κ2) is 5.19. The van der Waals surface area contributed by atoms with E-state index in [4.69, 9.17) is 0 Å². The number of rotatable bonds is 4. The van der Waals surface area contributed by atoms with Crippen LogP contribution < -0.4 is 5.32 Å². The maximum atomic E-state index is 4.19. The number of hydrogen-bond acceptors (Lipinski definition) is 3. The van der Waals surface area contributed by atoms with Crippen LogP contribution in [0, 0.1) is 0 Å². The maximum Gasteiger partial charge on any atom is 0.0300 e. The molecule has 1 saturated heterocycles. The van der Waals surface area contributed by atoms with Gasteiger partial charge in [-0.25, -0.2) is 0 Å². The molecule has 1 fully saturated rings. The van der Waals surface area contributed by atoms with Crippen LogP contribution in [0.15, 0.2) is 24.5 Å². The van der Waals surface area contributed by atoms with E-state index in [1.54, 1.807) is 0 Å². The van der Waals surface area contributed by atoms with Gasteiger partial charge in [0.2, 0.25) is 0 Å². The molecule has 1 aliphatic heterocycles. The van der Waals surface area contributed by atoms with E-state index < -0.39 is 0 Å². The van der Waals surface area contributed by atoms with Crippen LogP contribution in [0.4, 0.5) is 0 Å². The van der Waals surface area contributed by atoms with Crippen molar-refractivity contribution in [1.29, 1.82) is 0 Å². The zero-order valence-electron chi connectivity index (χ0n) is 10.1. The fourth-order valence-electron chi connectivity index (χ4n) is 2.45. The van der Waals surface area contributed by atoms with Crippen LogP contribution in [0.5, 0.6) is 0 Å². The first kappa shape index (κ1) is 11.9. The molecule has 0 aliphatic carbocycles. The Morgan fingerprint density at radius 3 is 3.06 bits per heavy atom. The first-order valence-corrected chi connectivity index (χ1v) is 6.93. The van der Waals surface area contributed by atoms with E-state index in [0.717, 1.165) is 6.42 Å². The molecule has 0 radical (unpaired) electrons. The lowest BCUT2D eigenvalue weighted by Gasteiger charge is -2.33. The number of likely N-dealkylation sites (N-methyl/N-ethyl adjacent to an activating group) is 1. The molecule has 88 valence electrons. The molecule has 1 aromatic heterocycles. The topological polar surface area (TPSA) is 24.9 Å². The minimum atomic E-state index is 0.393. The second-order valence-corrected chi connectivity index (χ2v) is 6.30. The molecule has 0 saturated carbocycles. The monoisotopic (exact) mass is 236 g/mol. The van der Waals surface area contributed by atoms with Crippen LogP contribution in [0.2, 0.25) is 0 Å². The normalized spacial score (nSPS) is 26.9. The van der Waals surface area contributed by atoms with Gasteiger partial charge in [-0.2, -0.15) is 11.8 Å². The summed E-state index contributed by atoms with van der Waals surface area (Å²) in [5.74, 6) is 1.31. The number of nitrogens with one attached hydrogen (secondary N) is 1. The highest BCUT2D eigenvalue weighted by Gasteiger charge is 2.36. The molecule has 2 heterocycles. The molecule has 0 bridgehead atoms. The molecule has 3 heteroatoms. The molecule has 0 amide bonds. The average molecular weight is 236 g/mol. The molecule has 2 rings (SSSR count). The van der Waals surface area contributed by atoms with Crippen molar-refractivity contribution in [2.24, 2.45) is 0 Å². The first-order valence-electron chi connectivity index (χ1n) is 5.95. The molecule has 2 nitrogen and oxygen atoms in total. The zero-order chi connectivity index (χ0) is 11.4. The van der Waals surface area contributed by atoms with Gasteiger partial charge >= 0.3 is 0 Å². The summed E-state index contributed by atoms with van der Waals surface area (Å²) >= 11 is 2.11. The highest BCUT2D eigenvalue weighted by Crippen LogP contribution is 2.41. The Hall–Kier alpha value is -0.540. The van der Waals surface area contributed by atoms with Gasteiger partial charge in [0.15, 0.2) is 0 Å². The molecule has 1 aliphatic rings. The largest absolute Gasteiger partial charge is 0.315 e. The Morgan fingerprint density at radius 2 is 2.50 bits per heavy atom. The van der Waals surface area contributed by atoms with Crippen LogP contribution in [0.1, 0.15) is 25.3 Å². The van der Waals surface area contributed by atoms with E-state index in [1.807, 2.05) is 18.5 Å². The van der Waals surface area contributed by atoms with Gasteiger partial charge in [-0.3, -0.25) is 4.98 Å². The van der Waals surface area contributed by atoms with Crippen molar-refractivity contribution in [3.8, 4) is 0 Å². The Morgan fingerprint density at radius 1 is 1.62 bits per heavy atom. The molecular weight excluding hydrogens is 216 g/mol. The smallest absolute Gasteiger partial charge is 0.0300 e. The fourth-order valence-corrected chi connectivity index (χ4v) is 3.90. The number of aromatic nitrogens is 1. The summed E-state index contributed by atoms with van der Waals surface area (Å²) in [5.41, 5.74) is 1.33. The average Bonchev–Trinajstić information content (AvgIpc) is 2.75. The van der Waals surface area contributed by atoms with Crippen molar-refractivity contribution in [2.45, 2.75) is 37.0 Å². The Balaban J connectivity index is 2.06. The zero-order valence-corrected chi connectivity index (χ0v) is 10.9. The van der Waals surface area contributed by atoms with Crippen LogP contribution >= 0.6 is 11.8 Å². The van der Waals surface area contributed by atoms with Gasteiger partial charge in [0, 0.05) is 23.2 Å². The van der Waals surface area contributed by atoms with Crippen molar-refractivity contribution >= 4 is 11.8 Å². The molecule has 2 unspecified atom stereocenters. The third-order valence-corrected chi connectivity index (χ3v) is 5.14. The standard InChI is InChI=1S/C13H20N2S/c1-13(6-4-8-16-13)12(14-2)9-11-5-3-7-15-10-11/h3,5,7,10,12,14H,4,6,8-9H2,1-2H3. The molecule has 16 heavy (non-hydrogen) atoms. The highest BCUT2D eigenvalue weighted by molar-refractivity contribution is 8.00. The van der Waals surface area contributed by atoms with Crippen LogP contribution in [0.3, 0.4) is 0 Å². The second-order valence-electron chi connectivity index (χ2n) is 4.67. The van der Waals surface area contributed by atoms with Crippen molar-refractivity contribution in [3.63, 3.8) is 0 Å². The Kier molecular flexibility index (Phi) is 3.87. The van der Waals surface area contributed by atoms with Crippen LogP contribution in [0.25, 0.3) is 0 Å². The van der Waals surface area contributed by atoms with Gasteiger partial charge < -0.3 is 5.32 Å². The van der Waals surface area contributed by atoms with Gasteiger partial charge in [0.1, 0.15) is 0 Å². The lowest BCUT2D eigenvalue weighted by atomic mass is 9.91. The molecule has 1 N–H and O–H groups in total.